The molecule has 5 atom stereocenters. The Kier molecular flexibility index (Phi) is 84.1. The minimum absolute atomic E-state index is 0.107. The van der Waals surface area contributed by atoms with Crippen LogP contribution in [0, 0.1) is 0 Å². The van der Waals surface area contributed by atoms with Gasteiger partial charge >= 0.3 is 33.6 Å². The molecule has 0 heterocycles. The van der Waals surface area contributed by atoms with Crippen LogP contribution in [0.1, 0.15) is 406 Å². The molecule has 0 bridgehead atoms. The second-order valence-electron chi connectivity index (χ2n) is 30.7. The third-order valence-electron chi connectivity index (χ3n) is 19.7. The van der Waals surface area contributed by atoms with Crippen molar-refractivity contribution in [1.82, 2.24) is 0 Å². The van der Waals surface area contributed by atoms with E-state index < -0.39 is 91.5 Å². The highest BCUT2D eigenvalue weighted by Gasteiger charge is 2.29. The summed E-state index contributed by atoms with van der Waals surface area (Å²) in [6.07, 6.45) is 107. The van der Waals surface area contributed by atoms with E-state index >= 15 is 0 Å². The first-order valence-electron chi connectivity index (χ1n) is 45.8. The van der Waals surface area contributed by atoms with Crippen LogP contribution < -0.4 is 0 Å². The number of carbonyl (C=O) groups is 3. The molecule has 0 aromatic carbocycles. The number of esters is 3. The molecule has 5 unspecified atom stereocenters. The number of aliphatic hydroxyl groups excluding tert-OH is 2. The van der Waals surface area contributed by atoms with Crippen molar-refractivity contribution in [3.05, 3.63) is 122 Å². The molecule has 0 aliphatic rings. The minimum atomic E-state index is -4.93. The van der Waals surface area contributed by atoms with Gasteiger partial charge in [-0.15, -0.1) is 0 Å². The first-order chi connectivity index (χ1) is 55.2. The van der Waals surface area contributed by atoms with E-state index in [-0.39, 0.29) is 19.3 Å². The lowest BCUT2D eigenvalue weighted by Gasteiger charge is -2.21. The highest BCUT2D eigenvalue weighted by atomic mass is 31.2. The maximum atomic E-state index is 13.0. The third-order valence-corrected chi connectivity index (χ3v) is 21.6. The van der Waals surface area contributed by atoms with Crippen LogP contribution in [0.3, 0.4) is 0 Å². The lowest BCUT2D eigenvalue weighted by Crippen LogP contribution is -2.30. The van der Waals surface area contributed by atoms with Crippen molar-refractivity contribution in [3.63, 3.8) is 0 Å². The SMILES string of the molecule is CC/C=C\C/C=C\C/C=C\C/C=C\C/C=C\C/C=C\CCCCCCCCCCCCC(=O)OCC(COP(=O)(O)OCC(O)COP(=O)(O)OCC(O)COC(=O)CCCCCCCCCCCCCCCCCCC/C=C\C/C=C\C/C=C\C/C=C\CCCCC)OC(=O)CCCCCCCCCCCCCCCCC. The fraction of sp³-hybridized carbons (Fsp3) is 0.758. The number of phosphoric acid groups is 2. The summed E-state index contributed by atoms with van der Waals surface area (Å²) in [7, 11) is -9.79. The van der Waals surface area contributed by atoms with Crippen LogP contribution >= 0.6 is 15.6 Å². The summed E-state index contributed by atoms with van der Waals surface area (Å²) in [5.74, 6) is -1.56. The number of ether oxygens (including phenoxy) is 3. The van der Waals surface area contributed by atoms with Crippen LogP contribution in [0.15, 0.2) is 122 Å². The molecule has 0 saturated carbocycles. The smallest absolute Gasteiger partial charge is 0.463 e. The van der Waals surface area contributed by atoms with Gasteiger partial charge in [0.25, 0.3) is 0 Å². The molecule has 16 nitrogen and oxygen atoms in total. The third kappa shape index (κ3) is 88.6. The van der Waals surface area contributed by atoms with Gasteiger partial charge in [-0.05, 0) is 116 Å². The van der Waals surface area contributed by atoms with Crippen LogP contribution in [-0.4, -0.2) is 95.9 Å². The molecule has 0 amide bonds. The Hall–Kier alpha value is -4.05. The number of carbonyl (C=O) groups excluding carboxylic acids is 3. The van der Waals surface area contributed by atoms with Crippen molar-refractivity contribution < 1.29 is 75.8 Å². The van der Waals surface area contributed by atoms with Crippen molar-refractivity contribution in [2.45, 2.75) is 424 Å². The molecule has 0 saturated heterocycles. The van der Waals surface area contributed by atoms with Crippen molar-refractivity contribution in [3.8, 4) is 0 Å². The Morgan fingerprint density at radius 2 is 0.469 bits per heavy atom. The van der Waals surface area contributed by atoms with Gasteiger partial charge in [0.1, 0.15) is 25.4 Å². The van der Waals surface area contributed by atoms with E-state index in [0.29, 0.717) is 19.3 Å². The molecule has 4 N–H and O–H groups in total. The van der Waals surface area contributed by atoms with Crippen LogP contribution in [0.25, 0.3) is 0 Å². The van der Waals surface area contributed by atoms with Gasteiger partial charge in [0.15, 0.2) is 6.10 Å². The van der Waals surface area contributed by atoms with Gasteiger partial charge in [-0.1, -0.05) is 393 Å². The summed E-state index contributed by atoms with van der Waals surface area (Å²) in [5.41, 5.74) is 0. The Morgan fingerprint density at radius 3 is 0.761 bits per heavy atom. The Morgan fingerprint density at radius 1 is 0.257 bits per heavy atom. The molecule has 0 aromatic heterocycles. The van der Waals surface area contributed by atoms with Crippen LogP contribution in [-0.2, 0) is 55.8 Å². The summed E-state index contributed by atoms with van der Waals surface area (Å²) in [6, 6.07) is 0. The molecule has 0 aliphatic heterocycles. The number of unbranched alkanes of at least 4 members (excludes halogenated alkanes) is 44. The predicted octanol–water partition coefficient (Wildman–Crippen LogP) is 28.0. The van der Waals surface area contributed by atoms with Crippen molar-refractivity contribution >= 4 is 33.6 Å². The van der Waals surface area contributed by atoms with E-state index in [1.54, 1.807) is 0 Å². The number of phosphoric ester groups is 2. The van der Waals surface area contributed by atoms with Crippen molar-refractivity contribution in [2.24, 2.45) is 0 Å². The van der Waals surface area contributed by atoms with Crippen molar-refractivity contribution in [2.75, 3.05) is 39.6 Å². The molecule has 0 aliphatic carbocycles. The van der Waals surface area contributed by atoms with Gasteiger partial charge in [-0.3, -0.25) is 32.5 Å². The summed E-state index contributed by atoms with van der Waals surface area (Å²) >= 11 is 0. The van der Waals surface area contributed by atoms with E-state index in [1.165, 1.54) is 212 Å². The van der Waals surface area contributed by atoms with Gasteiger partial charge in [0.2, 0.25) is 0 Å². The summed E-state index contributed by atoms with van der Waals surface area (Å²) in [6.45, 7) is 2.61. The first kappa shape index (κ1) is 109. The molecule has 0 aromatic rings. The molecule has 654 valence electrons. The average molecular weight is 1630 g/mol. The van der Waals surface area contributed by atoms with Gasteiger partial charge in [0, 0.05) is 19.3 Å². The molecule has 0 fully saturated rings. The molecule has 0 radical (unpaired) electrons. The Bertz CT molecular complexity index is 2540. The number of hydrogen-bond donors (Lipinski definition) is 4. The van der Waals surface area contributed by atoms with E-state index in [4.69, 9.17) is 32.3 Å². The van der Waals surface area contributed by atoms with Gasteiger partial charge in [0.05, 0.1) is 26.4 Å². The zero-order valence-electron chi connectivity index (χ0n) is 72.0. The maximum Gasteiger partial charge on any atom is 0.472 e. The summed E-state index contributed by atoms with van der Waals surface area (Å²) in [4.78, 5) is 58.9. The molecular weight excluding hydrogens is 1460 g/mol. The summed E-state index contributed by atoms with van der Waals surface area (Å²) < 4.78 is 61.4. The molecule has 113 heavy (non-hydrogen) atoms. The van der Waals surface area contributed by atoms with Gasteiger partial charge in [-0.25, -0.2) is 9.13 Å². The number of rotatable bonds is 87. The number of hydrogen-bond acceptors (Lipinski definition) is 14. The fourth-order valence-corrected chi connectivity index (χ4v) is 14.3. The second-order valence-corrected chi connectivity index (χ2v) is 33.6. The Labute approximate surface area is 691 Å². The standard InChI is InChI=1S/C95H168O16P2/c1-4-7-10-13-16-19-22-25-28-30-32-34-36-38-40-42-43-44-45-47-49-50-52-54-56-58-61-63-66-69-72-75-78-81-93(98)105-84-90(96)85-107-112(101,102)108-86-91(97)87-109-113(103,104)110-89-92(111-95(100)83-80-77-74-71-68-65-60-27-24-21-18-15-12-9-6-3)88-106-94(99)82-79-76-73-70-67-64-62-59-57-55-53-51-48-46-41-39-37-35-33-31-29-26-23-20-17-14-11-8-5-2/h8,11,16-17,19-20,25-26,28-29,32-35,38-41,48,51,90-92,96-97H,4-7,9-10,12-15,18,21-24,27,30-31,36-37,42-47,49-50,52-89H2,1-3H3,(H,101,102)(H,103,104)/b11-8-,19-16-,20-17-,28-25-,29-26-,34-32-,35-33-,40-38-,41-39-,51-48-. The van der Waals surface area contributed by atoms with Crippen molar-refractivity contribution in [1.29, 1.82) is 0 Å². The maximum absolute atomic E-state index is 13.0. The zero-order chi connectivity index (χ0) is 82.2. The van der Waals surface area contributed by atoms with Crippen LogP contribution in [0.4, 0.5) is 0 Å². The highest BCUT2D eigenvalue weighted by molar-refractivity contribution is 7.47. The largest absolute Gasteiger partial charge is 0.472 e. The van der Waals surface area contributed by atoms with Gasteiger partial charge < -0.3 is 34.2 Å². The van der Waals surface area contributed by atoms with E-state index in [2.05, 4.69) is 142 Å². The van der Waals surface area contributed by atoms with E-state index in [0.717, 1.165) is 135 Å². The topological polar surface area (TPSA) is 231 Å². The monoisotopic (exact) mass is 1630 g/mol. The average Bonchev–Trinajstić information content (AvgIpc) is 0.899. The number of allylic oxidation sites excluding steroid dienone is 20. The quantitative estimate of drug-likeness (QED) is 0.0146. The molecule has 0 spiro atoms. The fourth-order valence-electron chi connectivity index (χ4n) is 12.7. The lowest BCUT2D eigenvalue weighted by molar-refractivity contribution is -0.161. The van der Waals surface area contributed by atoms with Gasteiger partial charge in [-0.2, -0.15) is 0 Å². The zero-order valence-corrected chi connectivity index (χ0v) is 73.8. The first-order valence-corrected chi connectivity index (χ1v) is 48.8. The number of aliphatic hydroxyl groups is 2. The minimum Gasteiger partial charge on any atom is -0.463 e. The Balaban J connectivity index is 4.45. The van der Waals surface area contributed by atoms with E-state index in [1.807, 2.05) is 0 Å². The highest BCUT2D eigenvalue weighted by Crippen LogP contribution is 2.45. The lowest BCUT2D eigenvalue weighted by atomic mass is 10.0. The summed E-state index contributed by atoms with van der Waals surface area (Å²) in [5, 5.41) is 20.7. The molecular formula is C95H168O16P2. The molecule has 0 rings (SSSR count). The second kappa shape index (κ2) is 87.3. The van der Waals surface area contributed by atoms with E-state index in [9.17, 15) is 43.5 Å². The van der Waals surface area contributed by atoms with Crippen LogP contribution in [0.5, 0.6) is 0 Å². The molecule has 18 heteroatoms. The van der Waals surface area contributed by atoms with Crippen LogP contribution in [0.2, 0.25) is 0 Å². The predicted molar refractivity (Wildman–Crippen MR) is 473 cm³/mol. The normalized spacial score (nSPS) is 14.4.